The highest BCUT2D eigenvalue weighted by atomic mass is 16.5. The van der Waals surface area contributed by atoms with Crippen molar-refractivity contribution in [1.29, 1.82) is 0 Å². The Morgan fingerprint density at radius 2 is 2.10 bits per heavy atom. The van der Waals surface area contributed by atoms with Gasteiger partial charge in [-0.25, -0.2) is 0 Å². The Bertz CT molecular complexity index is 887. The first-order valence-electron chi connectivity index (χ1n) is 10.3. The van der Waals surface area contributed by atoms with Crippen molar-refractivity contribution in [2.75, 3.05) is 19.7 Å². The predicted octanol–water partition coefficient (Wildman–Crippen LogP) is 0.140. The lowest BCUT2D eigenvalue weighted by Crippen LogP contribution is -2.52. The van der Waals surface area contributed by atoms with Crippen molar-refractivity contribution in [1.82, 2.24) is 15.1 Å². The standard InChI is InChI=1S/C21H26N4O4/c22-11-21-8-15(6-7-29-21)24(12-21)9-13-2-1-3-14-10-25(20(28)18(13)14)16-4-5-17(26)23-19(16)27/h1-3,15-16H,4-12,22H2,(H,23,26,27). The van der Waals surface area contributed by atoms with Gasteiger partial charge in [-0.1, -0.05) is 18.2 Å². The van der Waals surface area contributed by atoms with E-state index in [9.17, 15) is 14.4 Å². The minimum Gasteiger partial charge on any atom is -0.372 e. The predicted molar refractivity (Wildman–Crippen MR) is 104 cm³/mol. The van der Waals surface area contributed by atoms with Gasteiger partial charge in [0.25, 0.3) is 5.91 Å². The number of nitrogens with zero attached hydrogens (tertiary/aromatic N) is 2. The molecule has 8 nitrogen and oxygen atoms in total. The third kappa shape index (κ3) is 3.06. The van der Waals surface area contributed by atoms with E-state index < -0.39 is 6.04 Å². The lowest BCUT2D eigenvalue weighted by Gasteiger charge is -2.30. The molecule has 4 aliphatic rings. The second-order valence-corrected chi connectivity index (χ2v) is 8.64. The van der Waals surface area contributed by atoms with E-state index >= 15 is 0 Å². The number of fused-ring (bicyclic) bond motifs is 3. The quantitative estimate of drug-likeness (QED) is 0.699. The summed E-state index contributed by atoms with van der Waals surface area (Å²) in [6.07, 6.45) is 2.56. The van der Waals surface area contributed by atoms with Crippen molar-refractivity contribution in [3.63, 3.8) is 0 Å². The third-order valence-corrected chi connectivity index (χ3v) is 6.86. The second kappa shape index (κ2) is 6.90. The molecule has 2 bridgehead atoms. The summed E-state index contributed by atoms with van der Waals surface area (Å²) in [5, 5.41) is 2.36. The molecule has 1 aromatic carbocycles. The fourth-order valence-electron chi connectivity index (χ4n) is 5.36. The fourth-order valence-corrected chi connectivity index (χ4v) is 5.36. The Kier molecular flexibility index (Phi) is 4.45. The van der Waals surface area contributed by atoms with Gasteiger partial charge in [-0.2, -0.15) is 0 Å². The molecule has 0 aliphatic carbocycles. The average Bonchev–Trinajstić information content (AvgIpc) is 3.17. The van der Waals surface area contributed by atoms with Crippen molar-refractivity contribution in [3.8, 4) is 0 Å². The summed E-state index contributed by atoms with van der Waals surface area (Å²) >= 11 is 0. The number of nitrogens with one attached hydrogen (secondary N) is 1. The van der Waals surface area contributed by atoms with Crippen LogP contribution in [0.3, 0.4) is 0 Å². The van der Waals surface area contributed by atoms with E-state index in [1.165, 1.54) is 0 Å². The van der Waals surface area contributed by atoms with Crippen LogP contribution in [0, 0.1) is 0 Å². The minimum absolute atomic E-state index is 0.114. The molecule has 1 aromatic rings. The lowest BCUT2D eigenvalue weighted by atomic mass is 9.96. The Labute approximate surface area is 169 Å². The zero-order valence-electron chi connectivity index (χ0n) is 16.4. The van der Waals surface area contributed by atoms with Gasteiger partial charge < -0.3 is 15.4 Å². The zero-order chi connectivity index (χ0) is 20.2. The number of piperidine rings is 1. The number of imide groups is 1. The van der Waals surface area contributed by atoms with Gasteiger partial charge in [0, 0.05) is 50.8 Å². The van der Waals surface area contributed by atoms with Gasteiger partial charge in [-0.05, 0) is 30.4 Å². The number of benzene rings is 1. The van der Waals surface area contributed by atoms with E-state index in [4.69, 9.17) is 10.5 Å². The van der Waals surface area contributed by atoms with Crippen LogP contribution in [0.15, 0.2) is 18.2 Å². The highest BCUT2D eigenvalue weighted by molar-refractivity contribution is 6.05. The van der Waals surface area contributed by atoms with Gasteiger partial charge in [0.15, 0.2) is 0 Å². The van der Waals surface area contributed by atoms with Gasteiger partial charge in [0.05, 0.1) is 5.60 Å². The second-order valence-electron chi connectivity index (χ2n) is 8.64. The molecule has 3 N–H and O–H groups in total. The van der Waals surface area contributed by atoms with E-state index in [1.54, 1.807) is 4.90 Å². The number of amides is 3. The summed E-state index contributed by atoms with van der Waals surface area (Å²) in [4.78, 5) is 41.0. The number of nitrogens with two attached hydrogens (primary N) is 1. The first-order valence-corrected chi connectivity index (χ1v) is 10.3. The molecule has 0 saturated carbocycles. The molecular weight excluding hydrogens is 372 g/mol. The smallest absolute Gasteiger partial charge is 0.255 e. The molecular formula is C21H26N4O4. The molecule has 3 saturated heterocycles. The van der Waals surface area contributed by atoms with E-state index in [1.807, 2.05) is 18.2 Å². The molecule has 3 amide bonds. The van der Waals surface area contributed by atoms with Crippen molar-refractivity contribution in [3.05, 3.63) is 34.9 Å². The molecule has 3 atom stereocenters. The largest absolute Gasteiger partial charge is 0.372 e. The number of rotatable bonds is 4. The number of likely N-dealkylation sites (tertiary alicyclic amines) is 1. The van der Waals surface area contributed by atoms with Crippen molar-refractivity contribution in [2.24, 2.45) is 5.73 Å². The Morgan fingerprint density at radius 3 is 2.86 bits per heavy atom. The third-order valence-electron chi connectivity index (χ3n) is 6.86. The van der Waals surface area contributed by atoms with E-state index in [-0.39, 0.29) is 29.7 Å². The summed E-state index contributed by atoms with van der Waals surface area (Å²) in [7, 11) is 0. The molecule has 0 radical (unpaired) electrons. The molecule has 5 rings (SSSR count). The van der Waals surface area contributed by atoms with Gasteiger partial charge in [0.2, 0.25) is 11.8 Å². The summed E-state index contributed by atoms with van der Waals surface area (Å²) < 4.78 is 5.99. The Balaban J connectivity index is 1.38. The molecule has 3 unspecified atom stereocenters. The fraction of sp³-hybridized carbons (Fsp3) is 0.571. The maximum atomic E-state index is 13.3. The maximum Gasteiger partial charge on any atom is 0.255 e. The van der Waals surface area contributed by atoms with E-state index in [2.05, 4.69) is 10.2 Å². The number of carbonyl (C=O) groups is 3. The molecule has 8 heteroatoms. The van der Waals surface area contributed by atoms with Crippen molar-refractivity contribution in [2.45, 2.75) is 56.5 Å². The molecule has 29 heavy (non-hydrogen) atoms. The van der Waals surface area contributed by atoms with Crippen LogP contribution in [0.25, 0.3) is 0 Å². The monoisotopic (exact) mass is 398 g/mol. The van der Waals surface area contributed by atoms with Crippen LogP contribution >= 0.6 is 0 Å². The normalized spacial score (nSPS) is 31.9. The number of ether oxygens (including phenoxy) is 1. The summed E-state index contributed by atoms with van der Waals surface area (Å²) in [5.41, 5.74) is 8.38. The highest BCUT2D eigenvalue weighted by Crippen LogP contribution is 2.38. The number of carbonyl (C=O) groups excluding carboxylic acids is 3. The van der Waals surface area contributed by atoms with Crippen LogP contribution in [0.4, 0.5) is 0 Å². The van der Waals surface area contributed by atoms with E-state index in [0.29, 0.717) is 37.7 Å². The number of hydrogen-bond acceptors (Lipinski definition) is 6. The summed E-state index contributed by atoms with van der Waals surface area (Å²) in [5.74, 6) is -0.760. The van der Waals surface area contributed by atoms with Crippen LogP contribution in [0.5, 0.6) is 0 Å². The minimum atomic E-state index is -0.583. The maximum absolute atomic E-state index is 13.3. The topological polar surface area (TPSA) is 105 Å². The van der Waals surface area contributed by atoms with Crippen LogP contribution in [0.1, 0.15) is 47.2 Å². The van der Waals surface area contributed by atoms with Crippen LogP contribution in [0.2, 0.25) is 0 Å². The lowest BCUT2D eigenvalue weighted by molar-refractivity contribution is -0.136. The van der Waals surface area contributed by atoms with Crippen LogP contribution < -0.4 is 11.1 Å². The summed E-state index contributed by atoms with van der Waals surface area (Å²) in [6.45, 7) is 3.10. The van der Waals surface area contributed by atoms with Gasteiger partial charge in [-0.15, -0.1) is 0 Å². The van der Waals surface area contributed by atoms with Crippen LogP contribution in [-0.2, 0) is 27.4 Å². The van der Waals surface area contributed by atoms with Gasteiger partial charge in [0.1, 0.15) is 6.04 Å². The first-order chi connectivity index (χ1) is 14.0. The van der Waals surface area contributed by atoms with Crippen molar-refractivity contribution >= 4 is 17.7 Å². The molecule has 4 aliphatic heterocycles. The molecule has 0 aromatic heterocycles. The van der Waals surface area contributed by atoms with Gasteiger partial charge >= 0.3 is 0 Å². The number of hydrogen-bond donors (Lipinski definition) is 2. The van der Waals surface area contributed by atoms with Crippen LogP contribution in [-0.4, -0.2) is 64.9 Å². The Hall–Kier alpha value is -2.29. The molecule has 154 valence electrons. The zero-order valence-corrected chi connectivity index (χ0v) is 16.4. The summed E-state index contributed by atoms with van der Waals surface area (Å²) in [6, 6.07) is 5.77. The first kappa shape index (κ1) is 18.7. The molecule has 3 fully saturated rings. The Morgan fingerprint density at radius 1 is 1.24 bits per heavy atom. The highest BCUT2D eigenvalue weighted by Gasteiger charge is 2.47. The van der Waals surface area contributed by atoms with Gasteiger partial charge in [-0.3, -0.25) is 24.6 Å². The SMILES string of the molecule is NCC12CC(CCO1)N(Cc1cccc3c1C(=O)N(C1CCC(=O)NC1=O)C3)C2. The molecule has 4 heterocycles. The average molecular weight is 398 g/mol. The van der Waals surface area contributed by atoms with E-state index in [0.717, 1.165) is 37.1 Å². The molecule has 0 spiro atoms. The van der Waals surface area contributed by atoms with Crippen molar-refractivity contribution < 1.29 is 19.1 Å².